The van der Waals surface area contributed by atoms with Crippen molar-refractivity contribution in [3.63, 3.8) is 0 Å². The van der Waals surface area contributed by atoms with Crippen LogP contribution in [0, 0.1) is 0 Å². The van der Waals surface area contributed by atoms with Crippen molar-refractivity contribution in [1.29, 1.82) is 0 Å². The number of fused-ring (bicyclic) bond motifs is 1. The molecule has 0 amide bonds. The number of hydrogen-bond donors (Lipinski definition) is 1. The van der Waals surface area contributed by atoms with Gasteiger partial charge in [0.05, 0.1) is 7.11 Å². The molecule has 1 aromatic heterocycles. The molecule has 0 atom stereocenters. The van der Waals surface area contributed by atoms with Crippen LogP contribution < -0.4 is 10.5 Å². The number of aryl methyl sites for hydroxylation is 1. The van der Waals surface area contributed by atoms with Gasteiger partial charge in [0.25, 0.3) is 0 Å². The fourth-order valence-corrected chi connectivity index (χ4v) is 2.66. The Morgan fingerprint density at radius 3 is 2.76 bits per heavy atom. The Hall–Kier alpha value is -1.48. The van der Waals surface area contributed by atoms with E-state index in [2.05, 4.69) is 29.9 Å². The van der Waals surface area contributed by atoms with Crippen molar-refractivity contribution in [1.82, 2.24) is 4.57 Å². The Morgan fingerprint density at radius 2 is 2.18 bits per heavy atom. The highest BCUT2D eigenvalue weighted by Crippen LogP contribution is 2.50. The van der Waals surface area contributed by atoms with Crippen molar-refractivity contribution in [3.8, 4) is 5.75 Å². The minimum Gasteiger partial charge on any atom is -0.497 e. The van der Waals surface area contributed by atoms with Crippen molar-refractivity contribution < 1.29 is 4.74 Å². The van der Waals surface area contributed by atoms with Gasteiger partial charge in [-0.15, -0.1) is 0 Å². The third-order valence-electron chi connectivity index (χ3n) is 4.01. The van der Waals surface area contributed by atoms with Crippen LogP contribution in [-0.2, 0) is 12.5 Å². The fraction of sp³-hybridized carbons (Fsp3) is 0.429. The molecule has 0 unspecified atom stereocenters. The van der Waals surface area contributed by atoms with Gasteiger partial charge in [-0.2, -0.15) is 0 Å². The van der Waals surface area contributed by atoms with Crippen LogP contribution in [0.1, 0.15) is 18.4 Å². The summed E-state index contributed by atoms with van der Waals surface area (Å²) in [6, 6.07) is 6.25. The van der Waals surface area contributed by atoms with E-state index in [1.807, 2.05) is 6.07 Å². The highest BCUT2D eigenvalue weighted by molar-refractivity contribution is 5.87. The van der Waals surface area contributed by atoms with Crippen LogP contribution in [-0.4, -0.2) is 18.2 Å². The summed E-state index contributed by atoms with van der Waals surface area (Å²) in [7, 11) is 3.80. The van der Waals surface area contributed by atoms with Crippen molar-refractivity contribution in [2.75, 3.05) is 13.7 Å². The number of ether oxygens (including phenoxy) is 1. The number of hydrogen-bond acceptors (Lipinski definition) is 2. The van der Waals surface area contributed by atoms with E-state index in [9.17, 15) is 0 Å². The molecular formula is C14H18N2O. The second-order valence-corrected chi connectivity index (χ2v) is 5.02. The van der Waals surface area contributed by atoms with Gasteiger partial charge in [-0.05, 0) is 36.6 Å². The molecule has 3 nitrogen and oxygen atoms in total. The molecule has 0 saturated heterocycles. The van der Waals surface area contributed by atoms with Crippen LogP contribution in [0.4, 0.5) is 0 Å². The number of benzene rings is 1. The Balaban J connectivity index is 2.24. The van der Waals surface area contributed by atoms with E-state index in [-0.39, 0.29) is 5.41 Å². The summed E-state index contributed by atoms with van der Waals surface area (Å²) in [6.45, 7) is 0.739. The SMILES string of the molecule is COc1ccc2c(c1)c(C1(CN)CC1)cn2C. The Morgan fingerprint density at radius 1 is 1.41 bits per heavy atom. The molecule has 1 heterocycles. The third kappa shape index (κ3) is 1.46. The van der Waals surface area contributed by atoms with E-state index in [0.717, 1.165) is 12.3 Å². The average Bonchev–Trinajstić information content (AvgIpc) is 3.09. The molecule has 1 fully saturated rings. The van der Waals surface area contributed by atoms with Crippen LogP contribution in [0.5, 0.6) is 5.75 Å². The van der Waals surface area contributed by atoms with Crippen LogP contribution in [0.25, 0.3) is 10.9 Å². The van der Waals surface area contributed by atoms with Crippen LogP contribution in [0.15, 0.2) is 24.4 Å². The maximum atomic E-state index is 5.93. The molecule has 3 heteroatoms. The van der Waals surface area contributed by atoms with Crippen LogP contribution in [0.2, 0.25) is 0 Å². The van der Waals surface area contributed by atoms with E-state index in [0.29, 0.717) is 0 Å². The van der Waals surface area contributed by atoms with Crippen molar-refractivity contribution >= 4 is 10.9 Å². The number of rotatable bonds is 3. The van der Waals surface area contributed by atoms with E-state index < -0.39 is 0 Å². The summed E-state index contributed by atoms with van der Waals surface area (Å²) in [5, 5.41) is 1.29. The number of aromatic nitrogens is 1. The maximum absolute atomic E-state index is 5.93. The molecule has 2 N–H and O–H groups in total. The van der Waals surface area contributed by atoms with Gasteiger partial charge in [-0.25, -0.2) is 0 Å². The normalized spacial score (nSPS) is 17.4. The zero-order chi connectivity index (χ0) is 12.0. The summed E-state index contributed by atoms with van der Waals surface area (Å²) in [5.41, 5.74) is 8.80. The van der Waals surface area contributed by atoms with Gasteiger partial charge in [0, 0.05) is 36.1 Å². The fourth-order valence-electron chi connectivity index (χ4n) is 2.66. The number of methoxy groups -OCH3 is 1. The quantitative estimate of drug-likeness (QED) is 0.878. The first-order chi connectivity index (χ1) is 8.20. The summed E-state index contributed by atoms with van der Waals surface area (Å²) in [4.78, 5) is 0. The lowest BCUT2D eigenvalue weighted by Gasteiger charge is -2.11. The second-order valence-electron chi connectivity index (χ2n) is 5.02. The minimum absolute atomic E-state index is 0.228. The number of nitrogens with zero attached hydrogens (tertiary/aromatic N) is 1. The molecule has 2 aromatic rings. The molecule has 1 aliphatic rings. The van der Waals surface area contributed by atoms with E-state index in [1.165, 1.54) is 29.3 Å². The van der Waals surface area contributed by atoms with E-state index >= 15 is 0 Å². The van der Waals surface area contributed by atoms with Gasteiger partial charge >= 0.3 is 0 Å². The van der Waals surface area contributed by atoms with Crippen molar-refractivity contribution in [2.45, 2.75) is 18.3 Å². The predicted octanol–water partition coefficient (Wildman–Crippen LogP) is 2.18. The largest absolute Gasteiger partial charge is 0.497 e. The zero-order valence-corrected chi connectivity index (χ0v) is 10.4. The van der Waals surface area contributed by atoms with E-state index in [1.54, 1.807) is 7.11 Å². The first-order valence-electron chi connectivity index (χ1n) is 6.04. The zero-order valence-electron chi connectivity index (χ0n) is 10.4. The van der Waals surface area contributed by atoms with Gasteiger partial charge in [0.1, 0.15) is 5.75 Å². The maximum Gasteiger partial charge on any atom is 0.119 e. The molecule has 0 radical (unpaired) electrons. The number of nitrogens with two attached hydrogens (primary N) is 1. The summed E-state index contributed by atoms with van der Waals surface area (Å²) >= 11 is 0. The first kappa shape index (κ1) is 10.7. The summed E-state index contributed by atoms with van der Waals surface area (Å²) in [6.07, 6.45) is 4.64. The lowest BCUT2D eigenvalue weighted by molar-refractivity contribution is 0.415. The van der Waals surface area contributed by atoms with Gasteiger partial charge in [-0.3, -0.25) is 0 Å². The highest BCUT2D eigenvalue weighted by atomic mass is 16.5. The molecule has 0 aliphatic heterocycles. The molecule has 1 aromatic carbocycles. The molecule has 1 aliphatic carbocycles. The molecule has 90 valence electrons. The summed E-state index contributed by atoms with van der Waals surface area (Å²) in [5.74, 6) is 0.915. The first-order valence-corrected chi connectivity index (χ1v) is 6.04. The van der Waals surface area contributed by atoms with Gasteiger partial charge in [-0.1, -0.05) is 0 Å². The monoisotopic (exact) mass is 230 g/mol. The molecule has 0 spiro atoms. The van der Waals surface area contributed by atoms with E-state index in [4.69, 9.17) is 10.5 Å². The standard InChI is InChI=1S/C14H18N2O/c1-16-8-12(14(9-15)5-6-14)11-7-10(17-2)3-4-13(11)16/h3-4,7-8H,5-6,9,15H2,1-2H3. The Labute approximate surface area is 101 Å². The molecule has 1 saturated carbocycles. The smallest absolute Gasteiger partial charge is 0.119 e. The molecule has 3 rings (SSSR count). The average molecular weight is 230 g/mol. The Bertz CT molecular complexity index is 567. The summed E-state index contributed by atoms with van der Waals surface area (Å²) < 4.78 is 7.49. The molecular weight excluding hydrogens is 212 g/mol. The highest BCUT2D eigenvalue weighted by Gasteiger charge is 2.44. The van der Waals surface area contributed by atoms with Crippen molar-refractivity contribution in [2.24, 2.45) is 12.8 Å². The molecule has 0 bridgehead atoms. The van der Waals surface area contributed by atoms with Crippen LogP contribution in [0.3, 0.4) is 0 Å². The predicted molar refractivity (Wildman–Crippen MR) is 69.4 cm³/mol. The topological polar surface area (TPSA) is 40.2 Å². The van der Waals surface area contributed by atoms with Gasteiger partial charge < -0.3 is 15.0 Å². The van der Waals surface area contributed by atoms with Gasteiger partial charge in [0.15, 0.2) is 0 Å². The molecule has 17 heavy (non-hydrogen) atoms. The van der Waals surface area contributed by atoms with Gasteiger partial charge in [0.2, 0.25) is 0 Å². The Kier molecular flexibility index (Phi) is 2.20. The van der Waals surface area contributed by atoms with Crippen molar-refractivity contribution in [3.05, 3.63) is 30.0 Å². The lowest BCUT2D eigenvalue weighted by atomic mass is 9.96. The second kappa shape index (κ2) is 3.50. The minimum atomic E-state index is 0.228. The third-order valence-corrected chi connectivity index (χ3v) is 4.01. The lowest BCUT2D eigenvalue weighted by Crippen LogP contribution is -2.19. The van der Waals surface area contributed by atoms with Crippen LogP contribution >= 0.6 is 0 Å².